The molecule has 0 fully saturated rings. The lowest BCUT2D eigenvalue weighted by molar-refractivity contribution is 0.629. The summed E-state index contributed by atoms with van der Waals surface area (Å²) in [5.41, 5.74) is 0.523. The van der Waals surface area contributed by atoms with Gasteiger partial charge in [0.25, 0.3) is 0 Å². The Kier molecular flexibility index (Phi) is 4.30. The van der Waals surface area contributed by atoms with Gasteiger partial charge in [0.15, 0.2) is 5.82 Å². The van der Waals surface area contributed by atoms with Gasteiger partial charge >= 0.3 is 0 Å². The topological polar surface area (TPSA) is 62.7 Å². The van der Waals surface area contributed by atoms with Gasteiger partial charge < -0.3 is 10.6 Å². The minimum atomic E-state index is -0.110. The second-order valence-corrected chi connectivity index (χ2v) is 6.05. The number of hydrogen-bond donors (Lipinski definition) is 2. The van der Waals surface area contributed by atoms with E-state index in [1.54, 1.807) is 24.4 Å². The summed E-state index contributed by atoms with van der Waals surface area (Å²) >= 11 is 12.1. The highest BCUT2D eigenvalue weighted by Gasteiger charge is 2.12. The molecule has 0 atom stereocenters. The van der Waals surface area contributed by atoms with Gasteiger partial charge in [-0.1, -0.05) is 29.3 Å². The monoisotopic (exact) mass is 311 g/mol. The molecule has 20 heavy (non-hydrogen) atoms. The van der Waals surface area contributed by atoms with Crippen LogP contribution >= 0.6 is 23.2 Å². The van der Waals surface area contributed by atoms with E-state index in [1.807, 2.05) is 20.8 Å². The Morgan fingerprint density at radius 1 is 1.15 bits per heavy atom. The van der Waals surface area contributed by atoms with E-state index >= 15 is 0 Å². The first kappa shape index (κ1) is 14.8. The van der Waals surface area contributed by atoms with E-state index in [1.165, 1.54) is 0 Å². The Morgan fingerprint density at radius 3 is 2.60 bits per heavy atom. The Labute approximate surface area is 127 Å². The summed E-state index contributed by atoms with van der Waals surface area (Å²) in [5.74, 6) is 0.983. The van der Waals surface area contributed by atoms with Crippen molar-refractivity contribution in [2.45, 2.75) is 26.3 Å². The molecule has 1 heterocycles. The highest BCUT2D eigenvalue weighted by atomic mass is 35.5. The molecule has 2 N–H and O–H groups in total. The van der Waals surface area contributed by atoms with Crippen molar-refractivity contribution in [2.75, 3.05) is 10.6 Å². The van der Waals surface area contributed by atoms with Gasteiger partial charge in [-0.25, -0.2) is 0 Å². The molecule has 2 rings (SSSR count). The quantitative estimate of drug-likeness (QED) is 0.892. The number of anilines is 3. The third-order valence-corrected chi connectivity index (χ3v) is 3.08. The first-order valence-corrected chi connectivity index (χ1v) is 6.80. The zero-order chi connectivity index (χ0) is 14.8. The molecule has 0 aliphatic heterocycles. The predicted octanol–water partition coefficient (Wildman–Crippen LogP) is 4.13. The molecule has 0 aliphatic carbocycles. The number of hydrogen-bond acceptors (Lipinski definition) is 5. The minimum Gasteiger partial charge on any atom is -0.364 e. The lowest BCUT2D eigenvalue weighted by atomic mass is 10.1. The zero-order valence-corrected chi connectivity index (χ0v) is 12.9. The Morgan fingerprint density at radius 2 is 1.90 bits per heavy atom. The van der Waals surface area contributed by atoms with Crippen LogP contribution in [0.5, 0.6) is 0 Å². The average molecular weight is 312 g/mol. The molecule has 106 valence electrons. The van der Waals surface area contributed by atoms with Crippen LogP contribution in [0.3, 0.4) is 0 Å². The van der Waals surface area contributed by atoms with Crippen LogP contribution in [0.25, 0.3) is 0 Å². The van der Waals surface area contributed by atoms with E-state index < -0.39 is 0 Å². The minimum absolute atomic E-state index is 0.110. The summed E-state index contributed by atoms with van der Waals surface area (Å²) < 4.78 is 0. The molecular formula is C13H15Cl2N5. The Bertz CT molecular complexity index is 610. The molecule has 1 aromatic carbocycles. The van der Waals surface area contributed by atoms with Gasteiger partial charge in [0, 0.05) is 5.54 Å². The standard InChI is InChI=1S/C13H15Cl2N5/c1-13(2,3)19-10-7-16-20-12(18-10)17-9-6-4-5-8(14)11(9)15/h4-7H,1-3H3,(H2,17,18,19,20). The van der Waals surface area contributed by atoms with E-state index in [2.05, 4.69) is 25.8 Å². The lowest BCUT2D eigenvalue weighted by Gasteiger charge is -2.21. The lowest BCUT2D eigenvalue weighted by Crippen LogP contribution is -2.27. The van der Waals surface area contributed by atoms with E-state index in [9.17, 15) is 0 Å². The number of nitrogens with zero attached hydrogens (tertiary/aromatic N) is 3. The molecule has 0 saturated heterocycles. The smallest absolute Gasteiger partial charge is 0.249 e. The maximum Gasteiger partial charge on any atom is 0.249 e. The van der Waals surface area contributed by atoms with Gasteiger partial charge in [-0.2, -0.15) is 10.1 Å². The summed E-state index contributed by atoms with van der Waals surface area (Å²) in [5, 5.41) is 14.9. The molecule has 0 unspecified atom stereocenters. The predicted molar refractivity (Wildman–Crippen MR) is 82.9 cm³/mol. The van der Waals surface area contributed by atoms with Gasteiger partial charge in [0.2, 0.25) is 5.95 Å². The van der Waals surface area contributed by atoms with E-state index in [4.69, 9.17) is 23.2 Å². The van der Waals surface area contributed by atoms with Crippen LogP contribution in [-0.2, 0) is 0 Å². The Balaban J connectivity index is 2.22. The van der Waals surface area contributed by atoms with Crippen LogP contribution in [0.4, 0.5) is 17.5 Å². The summed E-state index contributed by atoms with van der Waals surface area (Å²) in [7, 11) is 0. The molecule has 2 aromatic rings. The highest BCUT2D eigenvalue weighted by molar-refractivity contribution is 6.43. The maximum absolute atomic E-state index is 6.10. The number of rotatable bonds is 3. The number of benzene rings is 1. The van der Waals surface area contributed by atoms with Gasteiger partial charge in [0.1, 0.15) is 0 Å². The van der Waals surface area contributed by atoms with Crippen LogP contribution < -0.4 is 10.6 Å². The molecule has 0 bridgehead atoms. The molecule has 5 nitrogen and oxygen atoms in total. The molecule has 0 amide bonds. The van der Waals surface area contributed by atoms with Gasteiger partial charge in [-0.15, -0.1) is 5.10 Å². The van der Waals surface area contributed by atoms with Crippen molar-refractivity contribution in [3.63, 3.8) is 0 Å². The summed E-state index contributed by atoms with van der Waals surface area (Å²) in [6.45, 7) is 6.11. The molecule has 0 saturated carbocycles. The third kappa shape index (κ3) is 3.95. The molecule has 7 heteroatoms. The van der Waals surface area contributed by atoms with Crippen LogP contribution in [-0.4, -0.2) is 20.7 Å². The van der Waals surface area contributed by atoms with Crippen LogP contribution in [0.1, 0.15) is 20.8 Å². The summed E-state index contributed by atoms with van der Waals surface area (Å²) in [6.07, 6.45) is 1.57. The van der Waals surface area contributed by atoms with E-state index in [0.29, 0.717) is 27.5 Å². The number of nitrogens with one attached hydrogen (secondary N) is 2. The zero-order valence-electron chi connectivity index (χ0n) is 11.4. The van der Waals surface area contributed by atoms with Crippen molar-refractivity contribution >= 4 is 40.7 Å². The normalized spacial score (nSPS) is 11.2. The second kappa shape index (κ2) is 5.81. The largest absolute Gasteiger partial charge is 0.364 e. The number of aromatic nitrogens is 3. The first-order chi connectivity index (χ1) is 9.35. The average Bonchev–Trinajstić information content (AvgIpc) is 2.33. The van der Waals surface area contributed by atoms with Crippen molar-refractivity contribution in [3.05, 3.63) is 34.4 Å². The van der Waals surface area contributed by atoms with Crippen molar-refractivity contribution < 1.29 is 0 Å². The fraction of sp³-hybridized carbons (Fsp3) is 0.308. The second-order valence-electron chi connectivity index (χ2n) is 5.27. The van der Waals surface area contributed by atoms with Crippen molar-refractivity contribution in [1.29, 1.82) is 0 Å². The van der Waals surface area contributed by atoms with Gasteiger partial charge in [-0.05, 0) is 32.9 Å². The third-order valence-electron chi connectivity index (χ3n) is 2.26. The summed E-state index contributed by atoms with van der Waals surface area (Å²) in [4.78, 5) is 4.33. The summed E-state index contributed by atoms with van der Waals surface area (Å²) in [6, 6.07) is 5.30. The highest BCUT2D eigenvalue weighted by Crippen LogP contribution is 2.30. The molecule has 0 radical (unpaired) electrons. The molecule has 1 aromatic heterocycles. The van der Waals surface area contributed by atoms with Crippen molar-refractivity contribution in [1.82, 2.24) is 15.2 Å². The van der Waals surface area contributed by atoms with Gasteiger partial charge in [0.05, 0.1) is 21.9 Å². The van der Waals surface area contributed by atoms with Crippen LogP contribution in [0, 0.1) is 0 Å². The van der Waals surface area contributed by atoms with E-state index in [-0.39, 0.29) is 5.54 Å². The SMILES string of the molecule is CC(C)(C)Nc1cnnc(Nc2cccc(Cl)c2Cl)n1. The van der Waals surface area contributed by atoms with Crippen molar-refractivity contribution in [2.24, 2.45) is 0 Å². The fourth-order valence-corrected chi connectivity index (χ4v) is 1.87. The van der Waals surface area contributed by atoms with Crippen LogP contribution in [0.2, 0.25) is 10.0 Å². The fourth-order valence-electron chi connectivity index (χ4n) is 1.52. The first-order valence-electron chi connectivity index (χ1n) is 6.04. The number of halogens is 2. The van der Waals surface area contributed by atoms with Gasteiger partial charge in [-0.3, -0.25) is 0 Å². The Hall–Kier alpha value is -1.59. The molecule has 0 aliphatic rings. The van der Waals surface area contributed by atoms with Crippen LogP contribution in [0.15, 0.2) is 24.4 Å². The maximum atomic E-state index is 6.10. The van der Waals surface area contributed by atoms with E-state index in [0.717, 1.165) is 0 Å². The van der Waals surface area contributed by atoms with Crippen molar-refractivity contribution in [3.8, 4) is 0 Å². The molecule has 0 spiro atoms. The molecular weight excluding hydrogens is 297 g/mol.